The van der Waals surface area contributed by atoms with Crippen LogP contribution in [0.2, 0.25) is 5.02 Å². The van der Waals surface area contributed by atoms with Gasteiger partial charge in [0.25, 0.3) is 0 Å². The minimum atomic E-state index is -1.07. The zero-order chi connectivity index (χ0) is 18.2. The van der Waals surface area contributed by atoms with E-state index < -0.39 is 5.97 Å². The maximum atomic E-state index is 12.0. The summed E-state index contributed by atoms with van der Waals surface area (Å²) in [6, 6.07) is 7.57. The van der Waals surface area contributed by atoms with Crippen molar-refractivity contribution in [3.63, 3.8) is 0 Å². The number of carbonyl (C=O) groups excluding carboxylic acids is 1. The maximum Gasteiger partial charge on any atom is 0.322 e. The summed E-state index contributed by atoms with van der Waals surface area (Å²) in [5, 5.41) is 11.7. The molecular formula is C18H22ClN3O3. The van der Waals surface area contributed by atoms with Crippen LogP contribution in [-0.4, -0.2) is 33.1 Å². The molecule has 134 valence electrons. The zero-order valence-corrected chi connectivity index (χ0v) is 14.9. The average Bonchev–Trinajstić information content (AvgIpc) is 2.95. The van der Waals surface area contributed by atoms with Crippen LogP contribution in [0.25, 0.3) is 0 Å². The van der Waals surface area contributed by atoms with E-state index in [2.05, 4.69) is 17.2 Å². The number of nitrogens with one attached hydrogen (secondary N) is 1. The first-order chi connectivity index (χ1) is 12.0. The van der Waals surface area contributed by atoms with Crippen molar-refractivity contribution in [1.29, 1.82) is 0 Å². The third kappa shape index (κ3) is 5.60. The van der Waals surface area contributed by atoms with Crippen molar-refractivity contribution in [2.75, 3.05) is 6.54 Å². The van der Waals surface area contributed by atoms with Crippen molar-refractivity contribution in [3.05, 3.63) is 52.6 Å². The number of benzene rings is 1. The fourth-order valence-electron chi connectivity index (χ4n) is 2.52. The predicted octanol–water partition coefficient (Wildman–Crippen LogP) is 2.67. The summed E-state index contributed by atoms with van der Waals surface area (Å²) in [7, 11) is 0. The lowest BCUT2D eigenvalue weighted by Gasteiger charge is -2.13. The number of nitrogens with zero attached hydrogens (tertiary/aromatic N) is 2. The molecule has 2 aromatic rings. The van der Waals surface area contributed by atoms with Crippen molar-refractivity contribution < 1.29 is 14.7 Å². The normalized spacial score (nSPS) is 10.6. The monoisotopic (exact) mass is 363 g/mol. The molecule has 0 atom stereocenters. The molecule has 1 heterocycles. The first-order valence-corrected chi connectivity index (χ1v) is 8.64. The van der Waals surface area contributed by atoms with Gasteiger partial charge in [-0.3, -0.25) is 9.59 Å². The molecule has 1 aromatic carbocycles. The highest BCUT2D eigenvalue weighted by atomic mass is 35.5. The van der Waals surface area contributed by atoms with Crippen LogP contribution in [0.3, 0.4) is 0 Å². The molecule has 0 saturated carbocycles. The van der Waals surface area contributed by atoms with Gasteiger partial charge in [-0.05, 0) is 18.1 Å². The second kappa shape index (κ2) is 9.22. The van der Waals surface area contributed by atoms with E-state index in [1.54, 1.807) is 6.20 Å². The number of aryl methyl sites for hydroxylation is 1. The SMILES string of the molecule is CCCCc1ncc(CC(=O)NCC(=O)O)n1Cc1ccccc1Cl. The Kier molecular flexibility index (Phi) is 7.01. The lowest BCUT2D eigenvalue weighted by molar-refractivity contribution is -0.137. The molecule has 0 fully saturated rings. The fraction of sp³-hybridized carbons (Fsp3) is 0.389. The van der Waals surface area contributed by atoms with Gasteiger partial charge in [-0.1, -0.05) is 43.1 Å². The van der Waals surface area contributed by atoms with Gasteiger partial charge in [-0.15, -0.1) is 0 Å². The smallest absolute Gasteiger partial charge is 0.322 e. The van der Waals surface area contributed by atoms with Gasteiger partial charge in [-0.25, -0.2) is 4.98 Å². The molecule has 6 nitrogen and oxygen atoms in total. The lowest BCUT2D eigenvalue weighted by atomic mass is 10.2. The molecule has 0 spiro atoms. The summed E-state index contributed by atoms with van der Waals surface area (Å²) in [6.07, 6.45) is 4.63. The summed E-state index contributed by atoms with van der Waals surface area (Å²) in [6.45, 7) is 2.25. The predicted molar refractivity (Wildman–Crippen MR) is 95.7 cm³/mol. The minimum absolute atomic E-state index is 0.0802. The van der Waals surface area contributed by atoms with Crippen LogP contribution < -0.4 is 5.32 Å². The lowest BCUT2D eigenvalue weighted by Crippen LogP contribution is -2.31. The number of carbonyl (C=O) groups is 2. The van der Waals surface area contributed by atoms with Crippen LogP contribution in [0.4, 0.5) is 0 Å². The molecule has 0 aliphatic heterocycles. The third-order valence-electron chi connectivity index (χ3n) is 3.84. The minimum Gasteiger partial charge on any atom is -0.480 e. The van der Waals surface area contributed by atoms with E-state index in [1.807, 2.05) is 28.8 Å². The maximum absolute atomic E-state index is 12.0. The molecule has 25 heavy (non-hydrogen) atoms. The molecule has 1 aromatic heterocycles. The molecule has 1 amide bonds. The number of imidazole rings is 1. The zero-order valence-electron chi connectivity index (χ0n) is 14.2. The highest BCUT2D eigenvalue weighted by Gasteiger charge is 2.15. The Bertz CT molecular complexity index is 743. The van der Waals surface area contributed by atoms with Gasteiger partial charge >= 0.3 is 5.97 Å². The van der Waals surface area contributed by atoms with Crippen LogP contribution >= 0.6 is 11.6 Å². The van der Waals surface area contributed by atoms with Crippen LogP contribution in [0, 0.1) is 0 Å². The standard InChI is InChI=1S/C18H22ClN3O3/c1-2-3-8-16-20-10-14(9-17(23)21-11-18(24)25)22(16)12-13-6-4-5-7-15(13)19/h4-7,10H,2-3,8-9,11-12H2,1H3,(H,21,23)(H,24,25). The summed E-state index contributed by atoms with van der Waals surface area (Å²) in [5.41, 5.74) is 1.70. The summed E-state index contributed by atoms with van der Waals surface area (Å²) >= 11 is 6.26. The summed E-state index contributed by atoms with van der Waals surface area (Å²) < 4.78 is 2.00. The van der Waals surface area contributed by atoms with Crippen LogP contribution in [-0.2, 0) is 29.0 Å². The van der Waals surface area contributed by atoms with Crippen LogP contribution in [0.5, 0.6) is 0 Å². The van der Waals surface area contributed by atoms with Gasteiger partial charge in [0, 0.05) is 23.3 Å². The molecule has 0 bridgehead atoms. The van der Waals surface area contributed by atoms with Crippen molar-refractivity contribution in [3.8, 4) is 0 Å². The number of hydrogen-bond donors (Lipinski definition) is 2. The van der Waals surface area contributed by atoms with E-state index in [0.717, 1.165) is 36.3 Å². The van der Waals surface area contributed by atoms with Gasteiger partial charge in [0.1, 0.15) is 12.4 Å². The number of aliphatic carboxylic acids is 1. The molecule has 0 unspecified atom stereocenters. The quantitative estimate of drug-likeness (QED) is 0.717. The van der Waals surface area contributed by atoms with Gasteiger partial charge < -0.3 is 15.0 Å². The Morgan fingerprint density at radius 3 is 2.76 bits per heavy atom. The van der Waals surface area contributed by atoms with Gasteiger partial charge in [0.05, 0.1) is 13.0 Å². The second-order valence-electron chi connectivity index (χ2n) is 5.79. The van der Waals surface area contributed by atoms with Crippen molar-refractivity contribution in [2.45, 2.75) is 39.2 Å². The van der Waals surface area contributed by atoms with E-state index in [-0.39, 0.29) is 18.9 Å². The number of aromatic nitrogens is 2. The Balaban J connectivity index is 2.21. The molecule has 7 heteroatoms. The summed E-state index contributed by atoms with van der Waals surface area (Å²) in [5.74, 6) is -0.505. The number of carboxylic acid groups (broad SMARTS) is 1. The van der Waals surface area contributed by atoms with Gasteiger partial charge in [-0.2, -0.15) is 0 Å². The third-order valence-corrected chi connectivity index (χ3v) is 4.21. The highest BCUT2D eigenvalue weighted by molar-refractivity contribution is 6.31. The van der Waals surface area contributed by atoms with Crippen molar-refractivity contribution >= 4 is 23.5 Å². The first kappa shape index (κ1) is 19.0. The van der Waals surface area contributed by atoms with Crippen molar-refractivity contribution in [1.82, 2.24) is 14.9 Å². The van der Waals surface area contributed by atoms with E-state index in [9.17, 15) is 9.59 Å². The van der Waals surface area contributed by atoms with E-state index >= 15 is 0 Å². The Morgan fingerprint density at radius 1 is 1.32 bits per heavy atom. The van der Waals surface area contributed by atoms with E-state index in [4.69, 9.17) is 16.7 Å². The molecule has 0 radical (unpaired) electrons. The van der Waals surface area contributed by atoms with Crippen molar-refractivity contribution in [2.24, 2.45) is 0 Å². The Morgan fingerprint density at radius 2 is 2.08 bits per heavy atom. The topological polar surface area (TPSA) is 84.2 Å². The van der Waals surface area contributed by atoms with Gasteiger partial charge in [0.15, 0.2) is 0 Å². The molecule has 0 aliphatic rings. The average molecular weight is 364 g/mol. The number of carboxylic acids is 1. The number of halogens is 1. The number of amides is 1. The largest absolute Gasteiger partial charge is 0.480 e. The Labute approximate surface area is 151 Å². The first-order valence-electron chi connectivity index (χ1n) is 8.26. The Hall–Kier alpha value is -2.34. The molecule has 0 saturated heterocycles. The van der Waals surface area contributed by atoms with Crippen LogP contribution in [0.1, 0.15) is 36.8 Å². The van der Waals surface area contributed by atoms with Gasteiger partial charge in [0.2, 0.25) is 5.91 Å². The van der Waals surface area contributed by atoms with Crippen LogP contribution in [0.15, 0.2) is 30.5 Å². The van der Waals surface area contributed by atoms with E-state index in [1.165, 1.54) is 0 Å². The highest BCUT2D eigenvalue weighted by Crippen LogP contribution is 2.19. The van der Waals surface area contributed by atoms with E-state index in [0.29, 0.717) is 11.6 Å². The number of rotatable bonds is 9. The number of unbranched alkanes of at least 4 members (excludes halogenated alkanes) is 1. The molecule has 2 rings (SSSR count). The molecule has 2 N–H and O–H groups in total. The summed E-state index contributed by atoms with van der Waals surface area (Å²) in [4.78, 5) is 27.0. The number of hydrogen-bond acceptors (Lipinski definition) is 3. The second-order valence-corrected chi connectivity index (χ2v) is 6.20. The molecular weight excluding hydrogens is 342 g/mol. The molecule has 0 aliphatic carbocycles. The fourth-order valence-corrected chi connectivity index (χ4v) is 2.72.